The largest absolute Gasteiger partial charge is 0.488 e. The normalized spacial score (nSPS) is 11.4. The summed E-state index contributed by atoms with van der Waals surface area (Å²) in [6.45, 7) is 0. The minimum Gasteiger partial charge on any atom is -0.423 e. The highest BCUT2D eigenvalue weighted by Gasteiger charge is 2.24. The summed E-state index contributed by atoms with van der Waals surface area (Å²) in [5.41, 5.74) is 24.7. The highest BCUT2D eigenvalue weighted by molar-refractivity contribution is 9.10. The Bertz CT molecular complexity index is 8790. The van der Waals surface area contributed by atoms with Crippen LogP contribution in [0.3, 0.4) is 0 Å². The van der Waals surface area contributed by atoms with Gasteiger partial charge < -0.3 is 24.6 Å². The second-order valence-electron chi connectivity index (χ2n) is 32.4. The van der Waals surface area contributed by atoms with Gasteiger partial charge in [0, 0.05) is 91.8 Å². The fourth-order valence-electron chi connectivity index (χ4n) is 18.7. The Morgan fingerprint density at radius 3 is 1.02 bits per heavy atom. The average molecular weight is 1750 g/mol. The zero-order valence-corrected chi connectivity index (χ0v) is 72.5. The number of aromatic amines is 2. The van der Waals surface area contributed by atoms with Crippen molar-refractivity contribution in [1.82, 2.24) is 34.5 Å². The number of nitrogens with zero attached hydrogens (tertiary/aromatic N) is 5. The standard InChI is InChI=1S/C46H29N3.C26H17N.C20H12BrN.C20H13ClN2.C6H7BO2/c1-4-14-30(15-5-1)38-29-42-44(37-23-13-12-22-36(37)38)43-35-21-11-10-16-31(35)24-27-41(43)49(42)34-25-26-39-40(28-34)48-46(33-19-8-3-9-20-33)45(47-39)32-17-6-2-7-18-32;1-2-8-17(9-3-1)22-16-24-26(21-13-7-6-12-20(21)22)25-19-11-5-4-10-18(19)14-15-23(25)27-24;21-16-11-18-20(15-8-4-3-7-14(15)16)19-13-6-2-1-5-12(13)9-10-17(19)22-18;21-16-11-12-17-18(13-16)23-20(15-9-5-2-6-10-15)19(22-17)14-7-3-1-4-8-14;8-7(9)6-4-2-1-3-5-6/h1-29H;1-16,27H;1-11,22H;1-13H;1-5,8-9H. The van der Waals surface area contributed by atoms with E-state index in [1.807, 2.05) is 84.9 Å². The molecule has 0 saturated heterocycles. The van der Waals surface area contributed by atoms with Crippen LogP contribution in [0.4, 0.5) is 0 Å². The first kappa shape index (κ1) is 79.9. The van der Waals surface area contributed by atoms with Crippen LogP contribution < -0.4 is 5.46 Å². The Labute approximate surface area is 762 Å². The fraction of sp³-hybridized carbons (Fsp3) is 0. The van der Waals surface area contributed by atoms with Crippen LogP contribution in [0, 0.1) is 0 Å². The molecule has 12 heteroatoms. The summed E-state index contributed by atoms with van der Waals surface area (Å²) in [4.78, 5) is 27.5. The topological polar surface area (TPSA) is 129 Å². The van der Waals surface area contributed by atoms with Crippen LogP contribution in [-0.2, 0) is 0 Å². The number of fused-ring (bicyclic) bond motifs is 23. The summed E-state index contributed by atoms with van der Waals surface area (Å²) in [6.07, 6.45) is 0. The lowest BCUT2D eigenvalue weighted by Gasteiger charge is -2.14. The average Bonchev–Trinajstić information content (AvgIpc) is 1.55. The lowest BCUT2D eigenvalue weighted by Crippen LogP contribution is -2.29. The number of hydrogen-bond acceptors (Lipinski definition) is 6. The molecule has 0 unspecified atom stereocenters. The molecule has 21 aromatic carbocycles. The molecule has 130 heavy (non-hydrogen) atoms. The lowest BCUT2D eigenvalue weighted by molar-refractivity contribution is 0.426. The smallest absolute Gasteiger partial charge is 0.423 e. The molecule has 0 spiro atoms. The maximum atomic E-state index is 8.58. The third-order valence-corrected chi connectivity index (χ3v) is 25.5. The van der Waals surface area contributed by atoms with Crippen molar-refractivity contribution in [2.75, 3.05) is 0 Å². The van der Waals surface area contributed by atoms with Crippen LogP contribution in [0.25, 0.3) is 225 Å². The Morgan fingerprint density at radius 2 is 0.569 bits per heavy atom. The molecule has 5 aromatic heterocycles. The van der Waals surface area contributed by atoms with E-state index < -0.39 is 7.12 Å². The van der Waals surface area contributed by atoms with Gasteiger partial charge in [0.1, 0.15) is 0 Å². The van der Waals surface area contributed by atoms with E-state index in [1.165, 1.54) is 152 Å². The Hall–Kier alpha value is -16.0. The molecule has 0 fully saturated rings. The first-order valence-corrected chi connectivity index (χ1v) is 44.6. The molecule has 26 aromatic rings. The van der Waals surface area contributed by atoms with E-state index in [0.717, 1.165) is 77.3 Å². The van der Waals surface area contributed by atoms with E-state index in [1.54, 1.807) is 24.3 Å². The van der Waals surface area contributed by atoms with Crippen molar-refractivity contribution >= 4 is 192 Å². The first-order chi connectivity index (χ1) is 64.2. The molecule has 614 valence electrons. The number of H-pyrrole nitrogens is 2. The zero-order valence-electron chi connectivity index (χ0n) is 70.2. The molecule has 0 aliphatic heterocycles. The molecule has 0 radical (unpaired) electrons. The van der Waals surface area contributed by atoms with Gasteiger partial charge >= 0.3 is 7.12 Å². The molecular weight excluding hydrogens is 1670 g/mol. The predicted octanol–water partition coefficient (Wildman–Crippen LogP) is 30.7. The SMILES string of the molecule is Brc1cc2[nH]c3ccc4ccccc4c3c2c2ccccc12.Clc1ccc2nc(-c3ccccc3)c(-c3ccccc3)nc2c1.OB(O)c1ccccc1.c1ccc(-c2cc3[nH]c4ccc5ccccc5c4c3c3ccccc23)cc1.c1ccc(-c2nc3ccc(-n4c5ccc6ccccc6c5c5c6ccccc6c(-c6ccccc6)cc54)cc3nc2-c2ccccc2)cc1. The quantitative estimate of drug-likeness (QED) is 0.112. The third-order valence-electron chi connectivity index (χ3n) is 24.6. The molecule has 0 aliphatic rings. The lowest BCUT2D eigenvalue weighted by atomic mass is 9.81. The second kappa shape index (κ2) is 34.7. The van der Waals surface area contributed by atoms with Crippen LogP contribution in [-0.4, -0.2) is 51.6 Å². The molecule has 0 bridgehead atoms. The molecule has 5 heterocycles. The molecule has 0 atom stereocenters. The second-order valence-corrected chi connectivity index (χ2v) is 33.7. The van der Waals surface area contributed by atoms with Gasteiger partial charge in [0.25, 0.3) is 0 Å². The van der Waals surface area contributed by atoms with Gasteiger partial charge in [-0.25, -0.2) is 19.9 Å². The maximum Gasteiger partial charge on any atom is 0.488 e. The Kier molecular flexibility index (Phi) is 21.4. The predicted molar refractivity (Wildman–Crippen MR) is 552 cm³/mol. The summed E-state index contributed by atoms with van der Waals surface area (Å²) in [7, 11) is -1.34. The maximum absolute atomic E-state index is 8.58. The van der Waals surface area contributed by atoms with Gasteiger partial charge in [0.2, 0.25) is 0 Å². The number of hydrogen-bond donors (Lipinski definition) is 4. The van der Waals surface area contributed by atoms with Crippen molar-refractivity contribution in [3.63, 3.8) is 0 Å². The molecule has 4 N–H and O–H groups in total. The summed E-state index contributed by atoms with van der Waals surface area (Å²) >= 11 is 9.81. The van der Waals surface area contributed by atoms with E-state index in [9.17, 15) is 0 Å². The highest BCUT2D eigenvalue weighted by atomic mass is 79.9. The van der Waals surface area contributed by atoms with E-state index in [0.29, 0.717) is 10.5 Å². The molecular formula is C118H78BBrClN7O2. The van der Waals surface area contributed by atoms with E-state index >= 15 is 0 Å². The molecule has 9 nitrogen and oxygen atoms in total. The van der Waals surface area contributed by atoms with Crippen LogP contribution >= 0.6 is 27.5 Å². The number of rotatable bonds is 8. The van der Waals surface area contributed by atoms with Crippen LogP contribution in [0.5, 0.6) is 0 Å². The molecule has 0 aliphatic carbocycles. The van der Waals surface area contributed by atoms with Crippen LogP contribution in [0.1, 0.15) is 0 Å². The number of benzene rings is 21. The number of aromatic nitrogens is 7. The Morgan fingerprint density at radius 1 is 0.246 bits per heavy atom. The monoisotopic (exact) mass is 1750 g/mol. The van der Waals surface area contributed by atoms with Gasteiger partial charge in [0.05, 0.1) is 55.9 Å². The Balaban J connectivity index is 0.000000104. The summed E-state index contributed by atoms with van der Waals surface area (Å²) in [5, 5.41) is 40.9. The summed E-state index contributed by atoms with van der Waals surface area (Å²) in [5.74, 6) is 0. The van der Waals surface area contributed by atoms with Crippen molar-refractivity contribution in [2.45, 2.75) is 0 Å². The zero-order chi connectivity index (χ0) is 87.1. The van der Waals surface area contributed by atoms with E-state index in [2.05, 4.69) is 370 Å². The first-order valence-electron chi connectivity index (χ1n) is 43.4. The van der Waals surface area contributed by atoms with Gasteiger partial charge in [-0.1, -0.05) is 404 Å². The van der Waals surface area contributed by atoms with Crippen molar-refractivity contribution in [1.29, 1.82) is 0 Å². The van der Waals surface area contributed by atoms with Crippen molar-refractivity contribution in [2.24, 2.45) is 0 Å². The van der Waals surface area contributed by atoms with Gasteiger partial charge in [-0.2, -0.15) is 0 Å². The van der Waals surface area contributed by atoms with Gasteiger partial charge in [-0.15, -0.1) is 0 Å². The van der Waals surface area contributed by atoms with Gasteiger partial charge in [-0.05, 0) is 165 Å². The fourth-order valence-corrected chi connectivity index (χ4v) is 19.4. The van der Waals surface area contributed by atoms with Crippen molar-refractivity contribution < 1.29 is 10.0 Å². The number of halogens is 2. The van der Waals surface area contributed by atoms with Gasteiger partial charge in [0.15, 0.2) is 0 Å². The molecule has 26 rings (SSSR count). The van der Waals surface area contributed by atoms with Crippen molar-refractivity contribution in [3.8, 4) is 73.0 Å². The molecule has 0 amide bonds. The highest BCUT2D eigenvalue weighted by Crippen LogP contribution is 2.47. The van der Waals surface area contributed by atoms with Gasteiger partial charge in [-0.3, -0.25) is 0 Å². The number of nitrogens with one attached hydrogen (secondary N) is 2. The summed E-state index contributed by atoms with van der Waals surface area (Å²) < 4.78 is 3.55. The van der Waals surface area contributed by atoms with E-state index in [-0.39, 0.29) is 0 Å². The minimum absolute atomic E-state index is 0.525. The van der Waals surface area contributed by atoms with Crippen molar-refractivity contribution in [3.05, 3.63) is 458 Å². The van der Waals surface area contributed by atoms with Crippen LogP contribution in [0.15, 0.2) is 453 Å². The third kappa shape index (κ3) is 15.0. The molecule has 0 saturated carbocycles. The summed E-state index contributed by atoms with van der Waals surface area (Å²) in [6, 6.07) is 155. The minimum atomic E-state index is -1.34. The van der Waals surface area contributed by atoms with Crippen LogP contribution in [0.2, 0.25) is 5.02 Å². The van der Waals surface area contributed by atoms with E-state index in [4.69, 9.17) is 41.6 Å².